The van der Waals surface area contributed by atoms with E-state index in [1.165, 1.54) is 26.4 Å². The van der Waals surface area contributed by atoms with Crippen LogP contribution in [0, 0.1) is 6.92 Å². The number of carbonyl (C=O) groups excluding carboxylic acids is 2. The van der Waals surface area contributed by atoms with E-state index in [0.717, 1.165) is 0 Å². The standard InChI is InChI=1S/C20H20N2O7/c1-11-14(20(24)27-4)8-13(28-11)10-21-19(23)16-9-18(29-22-16)15-7-12(25-2)5-6-17(15)26-3/h5-9H,10H2,1-4H3,(H,21,23). The molecule has 1 amide bonds. The predicted octanol–water partition coefficient (Wildman–Crippen LogP) is 2.98. The monoisotopic (exact) mass is 400 g/mol. The number of furan rings is 1. The van der Waals surface area contributed by atoms with Crippen molar-refractivity contribution >= 4 is 11.9 Å². The van der Waals surface area contributed by atoms with Gasteiger partial charge in [0, 0.05) is 6.07 Å². The van der Waals surface area contributed by atoms with Gasteiger partial charge in [-0.3, -0.25) is 4.79 Å². The zero-order chi connectivity index (χ0) is 21.0. The molecule has 0 radical (unpaired) electrons. The molecule has 0 atom stereocenters. The number of hydrogen-bond donors (Lipinski definition) is 1. The van der Waals surface area contributed by atoms with Gasteiger partial charge in [0.25, 0.3) is 5.91 Å². The van der Waals surface area contributed by atoms with Crippen LogP contribution in [0.4, 0.5) is 0 Å². The van der Waals surface area contributed by atoms with Crippen LogP contribution in [0.15, 0.2) is 39.3 Å². The number of aromatic nitrogens is 1. The number of ether oxygens (including phenoxy) is 3. The second-order valence-electron chi connectivity index (χ2n) is 6.00. The minimum atomic E-state index is -0.503. The van der Waals surface area contributed by atoms with E-state index in [9.17, 15) is 9.59 Å². The van der Waals surface area contributed by atoms with Gasteiger partial charge in [0.05, 0.1) is 33.4 Å². The summed E-state index contributed by atoms with van der Waals surface area (Å²) in [6.07, 6.45) is 0. The molecular formula is C20H20N2O7. The van der Waals surface area contributed by atoms with Crippen LogP contribution >= 0.6 is 0 Å². The molecule has 0 aliphatic heterocycles. The molecule has 0 fully saturated rings. The van der Waals surface area contributed by atoms with Crippen molar-refractivity contribution in [1.29, 1.82) is 0 Å². The maximum absolute atomic E-state index is 12.4. The van der Waals surface area contributed by atoms with Gasteiger partial charge in [0.1, 0.15) is 28.6 Å². The van der Waals surface area contributed by atoms with Crippen molar-refractivity contribution in [2.24, 2.45) is 0 Å². The number of carbonyl (C=O) groups is 2. The normalized spacial score (nSPS) is 10.5. The number of nitrogens with one attached hydrogen (secondary N) is 1. The summed E-state index contributed by atoms with van der Waals surface area (Å²) in [4.78, 5) is 24.0. The Hall–Kier alpha value is -3.75. The smallest absolute Gasteiger partial charge is 0.341 e. The Balaban J connectivity index is 1.73. The van der Waals surface area contributed by atoms with Crippen molar-refractivity contribution in [2.75, 3.05) is 21.3 Å². The Morgan fingerprint density at radius 1 is 1.10 bits per heavy atom. The zero-order valence-electron chi connectivity index (χ0n) is 16.4. The number of methoxy groups -OCH3 is 3. The fourth-order valence-corrected chi connectivity index (χ4v) is 2.72. The van der Waals surface area contributed by atoms with Gasteiger partial charge in [0.2, 0.25) is 0 Å². The number of esters is 1. The molecule has 9 nitrogen and oxygen atoms in total. The van der Waals surface area contributed by atoms with Crippen LogP contribution in [-0.2, 0) is 11.3 Å². The number of hydrogen-bond acceptors (Lipinski definition) is 8. The first-order valence-electron chi connectivity index (χ1n) is 8.61. The molecule has 3 aromatic rings. The lowest BCUT2D eigenvalue weighted by Gasteiger charge is -2.07. The van der Waals surface area contributed by atoms with E-state index in [-0.39, 0.29) is 12.2 Å². The second-order valence-corrected chi connectivity index (χ2v) is 6.00. The molecular weight excluding hydrogens is 380 g/mol. The SMILES string of the molecule is COC(=O)c1cc(CNC(=O)c2cc(-c3cc(OC)ccc3OC)on2)oc1C. The highest BCUT2D eigenvalue weighted by Crippen LogP contribution is 2.33. The number of amides is 1. The zero-order valence-corrected chi connectivity index (χ0v) is 16.4. The Bertz CT molecular complexity index is 1040. The molecule has 3 rings (SSSR count). The third-order valence-corrected chi connectivity index (χ3v) is 4.21. The van der Waals surface area contributed by atoms with E-state index in [1.807, 2.05) is 0 Å². The lowest BCUT2D eigenvalue weighted by atomic mass is 10.1. The van der Waals surface area contributed by atoms with E-state index in [0.29, 0.717) is 39.9 Å². The van der Waals surface area contributed by atoms with Gasteiger partial charge >= 0.3 is 5.97 Å². The Morgan fingerprint density at radius 3 is 2.59 bits per heavy atom. The fourth-order valence-electron chi connectivity index (χ4n) is 2.72. The van der Waals surface area contributed by atoms with Crippen LogP contribution in [0.25, 0.3) is 11.3 Å². The van der Waals surface area contributed by atoms with Gasteiger partial charge in [0.15, 0.2) is 11.5 Å². The van der Waals surface area contributed by atoms with E-state index in [4.69, 9.17) is 18.4 Å². The quantitative estimate of drug-likeness (QED) is 0.602. The number of rotatable bonds is 7. The Morgan fingerprint density at radius 2 is 1.90 bits per heavy atom. The number of benzene rings is 1. The first-order valence-corrected chi connectivity index (χ1v) is 8.61. The summed E-state index contributed by atoms with van der Waals surface area (Å²) in [5.41, 5.74) is 0.995. The summed E-state index contributed by atoms with van der Waals surface area (Å²) >= 11 is 0. The van der Waals surface area contributed by atoms with Gasteiger partial charge in [-0.25, -0.2) is 4.79 Å². The van der Waals surface area contributed by atoms with Crippen molar-refractivity contribution < 1.29 is 32.7 Å². The number of aryl methyl sites for hydroxylation is 1. The molecule has 0 saturated carbocycles. The summed E-state index contributed by atoms with van der Waals surface area (Å²) in [6.45, 7) is 1.71. The molecule has 1 N–H and O–H groups in total. The minimum Gasteiger partial charge on any atom is -0.497 e. The van der Waals surface area contributed by atoms with Gasteiger partial charge in [-0.05, 0) is 31.2 Å². The molecule has 0 saturated heterocycles. The van der Waals surface area contributed by atoms with Crippen LogP contribution in [0.3, 0.4) is 0 Å². The molecule has 0 spiro atoms. The molecule has 9 heteroatoms. The molecule has 0 aliphatic rings. The number of nitrogens with zero attached hydrogens (tertiary/aromatic N) is 1. The molecule has 152 valence electrons. The highest BCUT2D eigenvalue weighted by atomic mass is 16.5. The van der Waals surface area contributed by atoms with Crippen LogP contribution in [0.1, 0.15) is 32.4 Å². The van der Waals surface area contributed by atoms with E-state index in [1.54, 1.807) is 32.2 Å². The highest BCUT2D eigenvalue weighted by Gasteiger charge is 2.19. The van der Waals surface area contributed by atoms with Gasteiger partial charge in [-0.15, -0.1) is 0 Å². The van der Waals surface area contributed by atoms with Crippen molar-refractivity contribution in [2.45, 2.75) is 13.5 Å². The lowest BCUT2D eigenvalue weighted by molar-refractivity contribution is 0.0598. The van der Waals surface area contributed by atoms with Gasteiger partial charge in [-0.2, -0.15) is 0 Å². The first kappa shape index (κ1) is 20.0. The molecule has 2 aromatic heterocycles. The second kappa shape index (κ2) is 8.51. The van der Waals surface area contributed by atoms with Crippen LogP contribution in [-0.4, -0.2) is 38.4 Å². The Labute approximate surface area is 166 Å². The topological polar surface area (TPSA) is 113 Å². The maximum atomic E-state index is 12.4. The molecule has 0 aliphatic carbocycles. The van der Waals surface area contributed by atoms with Crippen LogP contribution in [0.5, 0.6) is 11.5 Å². The van der Waals surface area contributed by atoms with Crippen LogP contribution < -0.4 is 14.8 Å². The van der Waals surface area contributed by atoms with Crippen molar-refractivity contribution in [3.8, 4) is 22.8 Å². The van der Waals surface area contributed by atoms with E-state index >= 15 is 0 Å². The van der Waals surface area contributed by atoms with E-state index in [2.05, 4.69) is 15.2 Å². The molecule has 0 unspecified atom stereocenters. The molecule has 1 aromatic carbocycles. The van der Waals surface area contributed by atoms with Crippen LogP contribution in [0.2, 0.25) is 0 Å². The predicted molar refractivity (Wildman–Crippen MR) is 101 cm³/mol. The largest absolute Gasteiger partial charge is 0.497 e. The minimum absolute atomic E-state index is 0.0708. The summed E-state index contributed by atoms with van der Waals surface area (Å²) in [6, 6.07) is 8.23. The van der Waals surface area contributed by atoms with Crippen molar-refractivity contribution in [1.82, 2.24) is 10.5 Å². The van der Waals surface area contributed by atoms with Crippen molar-refractivity contribution in [3.63, 3.8) is 0 Å². The summed E-state index contributed by atoms with van der Waals surface area (Å²) in [5.74, 6) is 1.37. The summed E-state index contributed by atoms with van der Waals surface area (Å²) in [5, 5.41) is 6.48. The average Bonchev–Trinajstić information content (AvgIpc) is 3.38. The molecule has 29 heavy (non-hydrogen) atoms. The summed E-state index contributed by atoms with van der Waals surface area (Å²) < 4.78 is 26.0. The van der Waals surface area contributed by atoms with Gasteiger partial charge in [-0.1, -0.05) is 5.16 Å². The van der Waals surface area contributed by atoms with E-state index < -0.39 is 11.9 Å². The maximum Gasteiger partial charge on any atom is 0.341 e. The molecule has 0 bridgehead atoms. The highest BCUT2D eigenvalue weighted by molar-refractivity contribution is 5.93. The lowest BCUT2D eigenvalue weighted by Crippen LogP contribution is -2.22. The van der Waals surface area contributed by atoms with Gasteiger partial charge < -0.3 is 28.5 Å². The Kier molecular flexibility index (Phi) is 5.87. The third kappa shape index (κ3) is 4.23. The molecule has 2 heterocycles. The fraction of sp³-hybridized carbons (Fsp3) is 0.250. The average molecular weight is 400 g/mol. The summed E-state index contributed by atoms with van der Waals surface area (Å²) in [7, 11) is 4.37. The third-order valence-electron chi connectivity index (χ3n) is 4.21. The first-order chi connectivity index (χ1) is 14.0. The van der Waals surface area contributed by atoms with Crippen molar-refractivity contribution in [3.05, 3.63) is 53.1 Å².